The van der Waals surface area contributed by atoms with Crippen molar-refractivity contribution in [3.05, 3.63) is 0 Å². The van der Waals surface area contributed by atoms with Crippen LogP contribution in [-0.2, 0) is 0 Å². The molecule has 0 aliphatic heterocycles. The molecule has 0 amide bonds. The third kappa shape index (κ3) is 8.28. The standard InChI is InChI=1S/C12H27N3/c1-5-7-8-9-11(3)15-12(13-4)14-10-6-2/h11H,5-10H2,1-4H3,(H2,13,14,15). The monoisotopic (exact) mass is 213 g/mol. The highest BCUT2D eigenvalue weighted by Gasteiger charge is 2.03. The minimum Gasteiger partial charge on any atom is -0.356 e. The molecule has 0 rings (SSSR count). The number of guanidine groups is 1. The van der Waals surface area contributed by atoms with E-state index in [-0.39, 0.29) is 0 Å². The molecule has 0 saturated carbocycles. The van der Waals surface area contributed by atoms with Gasteiger partial charge in [-0.1, -0.05) is 33.1 Å². The zero-order valence-corrected chi connectivity index (χ0v) is 10.8. The van der Waals surface area contributed by atoms with Crippen molar-refractivity contribution in [1.29, 1.82) is 0 Å². The number of aliphatic imine (C=N–C) groups is 1. The van der Waals surface area contributed by atoms with Gasteiger partial charge in [0.1, 0.15) is 0 Å². The summed E-state index contributed by atoms with van der Waals surface area (Å²) in [6, 6.07) is 0.514. The van der Waals surface area contributed by atoms with Crippen LogP contribution in [0.25, 0.3) is 0 Å². The molecule has 0 bridgehead atoms. The molecule has 0 aliphatic rings. The number of hydrogen-bond acceptors (Lipinski definition) is 1. The second kappa shape index (κ2) is 9.81. The molecule has 0 aromatic heterocycles. The molecule has 0 radical (unpaired) electrons. The second-order valence-corrected chi connectivity index (χ2v) is 4.04. The Labute approximate surface area is 94.7 Å². The fraction of sp³-hybridized carbons (Fsp3) is 0.917. The fourth-order valence-corrected chi connectivity index (χ4v) is 1.44. The van der Waals surface area contributed by atoms with Gasteiger partial charge in [0.05, 0.1) is 0 Å². The molecular formula is C12H27N3. The van der Waals surface area contributed by atoms with Gasteiger partial charge in [0.25, 0.3) is 0 Å². The van der Waals surface area contributed by atoms with Crippen LogP contribution in [-0.4, -0.2) is 25.6 Å². The van der Waals surface area contributed by atoms with Crippen LogP contribution in [0.3, 0.4) is 0 Å². The Kier molecular flexibility index (Phi) is 9.33. The van der Waals surface area contributed by atoms with Gasteiger partial charge in [-0.3, -0.25) is 4.99 Å². The Morgan fingerprint density at radius 3 is 2.47 bits per heavy atom. The summed E-state index contributed by atoms with van der Waals surface area (Å²) >= 11 is 0. The number of hydrogen-bond donors (Lipinski definition) is 2. The first-order valence-electron chi connectivity index (χ1n) is 6.21. The van der Waals surface area contributed by atoms with Crippen molar-refractivity contribution in [3.63, 3.8) is 0 Å². The van der Waals surface area contributed by atoms with Crippen LogP contribution >= 0.6 is 0 Å². The van der Waals surface area contributed by atoms with Crippen molar-refractivity contribution in [2.45, 2.75) is 58.9 Å². The molecule has 0 fully saturated rings. The van der Waals surface area contributed by atoms with Gasteiger partial charge in [0.15, 0.2) is 5.96 Å². The van der Waals surface area contributed by atoms with Gasteiger partial charge < -0.3 is 10.6 Å². The molecule has 15 heavy (non-hydrogen) atoms. The van der Waals surface area contributed by atoms with Crippen LogP contribution in [0.15, 0.2) is 4.99 Å². The van der Waals surface area contributed by atoms with E-state index in [1.165, 1.54) is 25.7 Å². The van der Waals surface area contributed by atoms with Gasteiger partial charge in [-0.05, 0) is 19.8 Å². The lowest BCUT2D eigenvalue weighted by Gasteiger charge is -2.17. The van der Waals surface area contributed by atoms with Crippen LogP contribution in [0.1, 0.15) is 52.9 Å². The van der Waals surface area contributed by atoms with Gasteiger partial charge in [-0.25, -0.2) is 0 Å². The lowest BCUT2D eigenvalue weighted by molar-refractivity contribution is 0.546. The Bertz CT molecular complexity index is 166. The van der Waals surface area contributed by atoms with E-state index in [1.807, 2.05) is 7.05 Å². The quantitative estimate of drug-likeness (QED) is 0.387. The number of nitrogens with one attached hydrogen (secondary N) is 2. The average molecular weight is 213 g/mol. The van der Waals surface area contributed by atoms with Crippen molar-refractivity contribution in [1.82, 2.24) is 10.6 Å². The Morgan fingerprint density at radius 2 is 1.93 bits per heavy atom. The summed E-state index contributed by atoms with van der Waals surface area (Å²) in [5.74, 6) is 0.931. The normalized spacial score (nSPS) is 13.7. The molecule has 0 spiro atoms. The van der Waals surface area contributed by atoms with Gasteiger partial charge >= 0.3 is 0 Å². The van der Waals surface area contributed by atoms with Gasteiger partial charge in [0, 0.05) is 19.6 Å². The van der Waals surface area contributed by atoms with Crippen molar-refractivity contribution in [2.24, 2.45) is 4.99 Å². The summed E-state index contributed by atoms with van der Waals surface area (Å²) in [6.45, 7) is 7.60. The SMILES string of the molecule is CCCCCC(C)NC(=NC)NCCC. The Balaban J connectivity index is 3.66. The highest BCUT2D eigenvalue weighted by molar-refractivity contribution is 5.79. The molecule has 3 nitrogen and oxygen atoms in total. The first kappa shape index (κ1) is 14.3. The third-order valence-electron chi connectivity index (χ3n) is 2.39. The van der Waals surface area contributed by atoms with Gasteiger partial charge in [-0.2, -0.15) is 0 Å². The Hall–Kier alpha value is -0.730. The predicted octanol–water partition coefficient (Wildman–Crippen LogP) is 2.53. The van der Waals surface area contributed by atoms with E-state index in [0.717, 1.165) is 18.9 Å². The Morgan fingerprint density at radius 1 is 1.20 bits per heavy atom. The van der Waals surface area contributed by atoms with Crippen molar-refractivity contribution >= 4 is 5.96 Å². The summed E-state index contributed by atoms with van der Waals surface area (Å²) < 4.78 is 0. The van der Waals surface area contributed by atoms with E-state index in [4.69, 9.17) is 0 Å². The summed E-state index contributed by atoms with van der Waals surface area (Å²) in [7, 11) is 1.82. The molecule has 0 aliphatic carbocycles. The summed E-state index contributed by atoms with van der Waals surface area (Å²) in [4.78, 5) is 4.19. The minimum atomic E-state index is 0.514. The van der Waals surface area contributed by atoms with Gasteiger partial charge in [-0.15, -0.1) is 0 Å². The summed E-state index contributed by atoms with van der Waals surface area (Å²) in [6.07, 6.45) is 6.27. The molecule has 0 aromatic carbocycles. The first-order valence-corrected chi connectivity index (χ1v) is 6.21. The summed E-state index contributed by atoms with van der Waals surface area (Å²) in [5, 5.41) is 6.68. The zero-order valence-electron chi connectivity index (χ0n) is 10.8. The van der Waals surface area contributed by atoms with Crippen LogP contribution in [0.2, 0.25) is 0 Å². The van der Waals surface area contributed by atoms with Crippen molar-refractivity contribution in [2.75, 3.05) is 13.6 Å². The molecule has 2 N–H and O–H groups in total. The topological polar surface area (TPSA) is 36.4 Å². The second-order valence-electron chi connectivity index (χ2n) is 4.04. The maximum absolute atomic E-state index is 4.19. The van der Waals surface area contributed by atoms with Crippen LogP contribution < -0.4 is 10.6 Å². The van der Waals surface area contributed by atoms with Crippen molar-refractivity contribution < 1.29 is 0 Å². The lowest BCUT2D eigenvalue weighted by Crippen LogP contribution is -2.42. The number of rotatable bonds is 7. The van der Waals surface area contributed by atoms with E-state index >= 15 is 0 Å². The molecule has 1 unspecified atom stereocenters. The lowest BCUT2D eigenvalue weighted by atomic mass is 10.1. The smallest absolute Gasteiger partial charge is 0.191 e. The molecule has 0 saturated heterocycles. The molecular weight excluding hydrogens is 186 g/mol. The maximum Gasteiger partial charge on any atom is 0.191 e. The van der Waals surface area contributed by atoms with E-state index in [0.29, 0.717) is 6.04 Å². The third-order valence-corrected chi connectivity index (χ3v) is 2.39. The predicted molar refractivity (Wildman–Crippen MR) is 68.4 cm³/mol. The van der Waals surface area contributed by atoms with E-state index in [2.05, 4.69) is 36.4 Å². The maximum atomic E-state index is 4.19. The molecule has 0 heterocycles. The molecule has 0 aromatic rings. The van der Waals surface area contributed by atoms with Crippen LogP contribution in [0.4, 0.5) is 0 Å². The van der Waals surface area contributed by atoms with Crippen molar-refractivity contribution in [3.8, 4) is 0 Å². The molecule has 90 valence electrons. The van der Waals surface area contributed by atoms with Gasteiger partial charge in [0.2, 0.25) is 0 Å². The molecule has 3 heteroatoms. The number of nitrogens with zero attached hydrogens (tertiary/aromatic N) is 1. The van der Waals surface area contributed by atoms with E-state index < -0.39 is 0 Å². The fourth-order valence-electron chi connectivity index (χ4n) is 1.44. The number of unbranched alkanes of at least 4 members (excludes halogenated alkanes) is 2. The summed E-state index contributed by atoms with van der Waals surface area (Å²) in [5.41, 5.74) is 0. The zero-order chi connectivity index (χ0) is 11.5. The van der Waals surface area contributed by atoms with E-state index in [1.54, 1.807) is 0 Å². The highest BCUT2D eigenvalue weighted by atomic mass is 15.2. The molecule has 1 atom stereocenters. The minimum absolute atomic E-state index is 0.514. The largest absolute Gasteiger partial charge is 0.356 e. The van der Waals surface area contributed by atoms with E-state index in [9.17, 15) is 0 Å². The van der Waals surface area contributed by atoms with Crippen LogP contribution in [0, 0.1) is 0 Å². The average Bonchev–Trinajstić information content (AvgIpc) is 2.24. The highest BCUT2D eigenvalue weighted by Crippen LogP contribution is 2.02. The van der Waals surface area contributed by atoms with Crippen LogP contribution in [0.5, 0.6) is 0 Å². The first-order chi connectivity index (χ1) is 7.24.